The highest BCUT2D eigenvalue weighted by Crippen LogP contribution is 2.42. The van der Waals surface area contributed by atoms with Gasteiger partial charge in [0.05, 0.1) is 0 Å². The number of hydrogen-bond acceptors (Lipinski definition) is 1. The molecule has 0 aliphatic heterocycles. The average Bonchev–Trinajstić information content (AvgIpc) is 2.85. The van der Waals surface area contributed by atoms with Crippen LogP contribution in [0.15, 0.2) is 115 Å². The lowest BCUT2D eigenvalue weighted by Crippen LogP contribution is -1.90. The van der Waals surface area contributed by atoms with Gasteiger partial charge >= 0.3 is 0 Å². The summed E-state index contributed by atoms with van der Waals surface area (Å²) in [6.45, 7) is 0. The van der Waals surface area contributed by atoms with Crippen LogP contribution in [-0.4, -0.2) is 0 Å². The standard InChI is InChI=1S/C32H21N/c33-26-14-15-28-25(18-26)17-23-8-3-4-10-27(23)32(28)29-11-5-9-20-12-13-24-16-21-6-1-2-7-22(21)19-30(24)31(20)29/h1-19H,33H2. The molecule has 1 nitrogen and oxygen atoms in total. The fourth-order valence-corrected chi connectivity index (χ4v) is 5.39. The molecule has 7 aromatic carbocycles. The van der Waals surface area contributed by atoms with Crippen molar-refractivity contribution in [3.05, 3.63) is 115 Å². The van der Waals surface area contributed by atoms with Crippen LogP contribution in [0.25, 0.3) is 65.0 Å². The van der Waals surface area contributed by atoms with Gasteiger partial charge in [0.2, 0.25) is 0 Å². The Bertz CT molecular complexity index is 1880. The van der Waals surface area contributed by atoms with Gasteiger partial charge in [-0.05, 0) is 95.3 Å². The van der Waals surface area contributed by atoms with E-state index in [1.165, 1.54) is 65.0 Å². The molecule has 0 aliphatic rings. The van der Waals surface area contributed by atoms with Crippen molar-refractivity contribution in [1.82, 2.24) is 0 Å². The van der Waals surface area contributed by atoms with Crippen molar-refractivity contribution < 1.29 is 0 Å². The number of nitrogen functional groups attached to an aromatic ring is 1. The van der Waals surface area contributed by atoms with Gasteiger partial charge in [0.25, 0.3) is 0 Å². The summed E-state index contributed by atoms with van der Waals surface area (Å²) < 4.78 is 0. The van der Waals surface area contributed by atoms with Crippen molar-refractivity contribution in [1.29, 1.82) is 0 Å². The minimum Gasteiger partial charge on any atom is -0.399 e. The summed E-state index contributed by atoms with van der Waals surface area (Å²) in [6, 6.07) is 41.6. The van der Waals surface area contributed by atoms with Gasteiger partial charge in [-0.25, -0.2) is 0 Å². The molecule has 0 bridgehead atoms. The zero-order chi connectivity index (χ0) is 21.9. The summed E-state index contributed by atoms with van der Waals surface area (Å²) in [6.07, 6.45) is 0. The quantitative estimate of drug-likeness (QED) is 0.161. The lowest BCUT2D eigenvalue weighted by Gasteiger charge is -2.16. The van der Waals surface area contributed by atoms with Crippen molar-refractivity contribution in [2.45, 2.75) is 0 Å². The molecule has 2 N–H and O–H groups in total. The molecular formula is C32H21N. The Balaban J connectivity index is 1.71. The van der Waals surface area contributed by atoms with E-state index in [-0.39, 0.29) is 0 Å². The van der Waals surface area contributed by atoms with Crippen LogP contribution in [0.3, 0.4) is 0 Å². The van der Waals surface area contributed by atoms with Crippen molar-refractivity contribution >= 4 is 59.5 Å². The van der Waals surface area contributed by atoms with Gasteiger partial charge in [0.15, 0.2) is 0 Å². The monoisotopic (exact) mass is 419 g/mol. The summed E-state index contributed by atoms with van der Waals surface area (Å²) in [5.41, 5.74) is 9.50. The molecule has 0 fully saturated rings. The van der Waals surface area contributed by atoms with Crippen molar-refractivity contribution in [3.8, 4) is 11.1 Å². The molecule has 0 aromatic heterocycles. The molecule has 154 valence electrons. The molecule has 0 aliphatic carbocycles. The predicted octanol–water partition coefficient (Wildman–Crippen LogP) is 8.70. The fourth-order valence-electron chi connectivity index (χ4n) is 5.39. The van der Waals surface area contributed by atoms with Gasteiger partial charge in [0, 0.05) is 5.69 Å². The molecule has 0 unspecified atom stereocenters. The molecule has 0 spiro atoms. The molecule has 0 heterocycles. The highest BCUT2D eigenvalue weighted by molar-refractivity contribution is 6.23. The average molecular weight is 420 g/mol. The van der Waals surface area contributed by atoms with Gasteiger partial charge in [-0.15, -0.1) is 0 Å². The molecule has 7 rings (SSSR count). The Morgan fingerprint density at radius 1 is 0.394 bits per heavy atom. The van der Waals surface area contributed by atoms with E-state index in [9.17, 15) is 0 Å². The lowest BCUT2D eigenvalue weighted by molar-refractivity contribution is 1.71. The Morgan fingerprint density at radius 3 is 1.91 bits per heavy atom. The number of benzene rings is 7. The van der Waals surface area contributed by atoms with E-state index in [1.54, 1.807) is 0 Å². The van der Waals surface area contributed by atoms with E-state index in [0.717, 1.165) is 5.69 Å². The lowest BCUT2D eigenvalue weighted by atomic mass is 9.87. The van der Waals surface area contributed by atoms with Crippen molar-refractivity contribution in [2.75, 3.05) is 5.73 Å². The zero-order valence-corrected chi connectivity index (χ0v) is 18.0. The summed E-state index contributed by atoms with van der Waals surface area (Å²) in [5.74, 6) is 0. The number of rotatable bonds is 1. The van der Waals surface area contributed by atoms with Gasteiger partial charge in [0.1, 0.15) is 0 Å². The van der Waals surface area contributed by atoms with E-state index in [1.807, 2.05) is 6.07 Å². The van der Waals surface area contributed by atoms with Gasteiger partial charge in [-0.1, -0.05) is 84.9 Å². The first-order valence-corrected chi connectivity index (χ1v) is 11.3. The third-order valence-electron chi connectivity index (χ3n) is 6.88. The first-order valence-electron chi connectivity index (χ1n) is 11.3. The molecule has 33 heavy (non-hydrogen) atoms. The summed E-state index contributed by atoms with van der Waals surface area (Å²) >= 11 is 0. The zero-order valence-electron chi connectivity index (χ0n) is 18.0. The second-order valence-electron chi connectivity index (χ2n) is 8.84. The van der Waals surface area contributed by atoms with E-state index in [4.69, 9.17) is 5.73 Å². The van der Waals surface area contributed by atoms with Crippen LogP contribution in [-0.2, 0) is 0 Å². The number of fused-ring (bicyclic) bond motifs is 6. The fraction of sp³-hybridized carbons (Fsp3) is 0. The largest absolute Gasteiger partial charge is 0.399 e. The Labute approximate surface area is 191 Å². The number of anilines is 1. The first-order chi connectivity index (χ1) is 16.3. The van der Waals surface area contributed by atoms with Gasteiger partial charge < -0.3 is 5.73 Å². The van der Waals surface area contributed by atoms with Gasteiger partial charge in [-0.3, -0.25) is 0 Å². The normalized spacial score (nSPS) is 11.8. The van der Waals surface area contributed by atoms with Crippen LogP contribution < -0.4 is 5.73 Å². The Kier molecular flexibility index (Phi) is 3.77. The Hall–Kier alpha value is -4.36. The molecule has 0 radical (unpaired) electrons. The van der Waals surface area contributed by atoms with Crippen molar-refractivity contribution in [3.63, 3.8) is 0 Å². The third-order valence-corrected chi connectivity index (χ3v) is 6.88. The van der Waals surface area contributed by atoms with E-state index < -0.39 is 0 Å². The van der Waals surface area contributed by atoms with E-state index >= 15 is 0 Å². The summed E-state index contributed by atoms with van der Waals surface area (Å²) in [5, 5.41) is 12.5. The molecule has 0 amide bonds. The maximum atomic E-state index is 6.17. The molecular weight excluding hydrogens is 398 g/mol. The maximum Gasteiger partial charge on any atom is 0.0320 e. The topological polar surface area (TPSA) is 26.0 Å². The van der Waals surface area contributed by atoms with Crippen LogP contribution in [0.1, 0.15) is 0 Å². The third kappa shape index (κ3) is 2.73. The van der Waals surface area contributed by atoms with Crippen LogP contribution in [0, 0.1) is 0 Å². The first kappa shape index (κ1) is 18.2. The minimum atomic E-state index is 0.790. The molecule has 0 saturated heterocycles. The SMILES string of the molecule is Nc1ccc2c(-c3cccc4ccc5cc6ccccc6cc5c34)c3ccccc3cc2c1. The van der Waals surface area contributed by atoms with E-state index in [2.05, 4.69) is 109 Å². The predicted molar refractivity (Wildman–Crippen MR) is 144 cm³/mol. The second-order valence-corrected chi connectivity index (χ2v) is 8.84. The highest BCUT2D eigenvalue weighted by atomic mass is 14.5. The summed E-state index contributed by atoms with van der Waals surface area (Å²) in [4.78, 5) is 0. The van der Waals surface area contributed by atoms with Crippen molar-refractivity contribution in [2.24, 2.45) is 0 Å². The van der Waals surface area contributed by atoms with E-state index in [0.29, 0.717) is 0 Å². The molecule has 1 heteroatoms. The number of hydrogen-bond donors (Lipinski definition) is 1. The van der Waals surface area contributed by atoms with Crippen LogP contribution >= 0.6 is 0 Å². The summed E-state index contributed by atoms with van der Waals surface area (Å²) in [7, 11) is 0. The Morgan fingerprint density at radius 2 is 1.03 bits per heavy atom. The molecule has 7 aromatic rings. The molecule has 0 atom stereocenters. The second kappa shape index (κ2) is 6.82. The molecule has 0 saturated carbocycles. The van der Waals surface area contributed by atoms with Crippen LogP contribution in [0.5, 0.6) is 0 Å². The maximum absolute atomic E-state index is 6.17. The minimum absolute atomic E-state index is 0.790. The number of nitrogens with two attached hydrogens (primary N) is 1. The van der Waals surface area contributed by atoms with Gasteiger partial charge in [-0.2, -0.15) is 0 Å². The van der Waals surface area contributed by atoms with Crippen LogP contribution in [0.4, 0.5) is 5.69 Å². The van der Waals surface area contributed by atoms with Crippen LogP contribution in [0.2, 0.25) is 0 Å². The smallest absolute Gasteiger partial charge is 0.0320 e. The highest BCUT2D eigenvalue weighted by Gasteiger charge is 2.15.